The predicted molar refractivity (Wildman–Crippen MR) is 113 cm³/mol. The highest BCUT2D eigenvalue weighted by atomic mass is 16.5. The lowest BCUT2D eigenvalue weighted by molar-refractivity contribution is 0.102. The fraction of sp³-hybridized carbons (Fsp3) is 0.0870. The standard InChI is InChI=1S/C23H19N3O4/c1-28-19-8-4-3-7-18(19)26-23-17(22(27)25-16-10-12-24-13-11-16)14-15-6-5-9-20(29-2)21(15)30-23/h3-14H,1-2H3,(H,24,25,27). The lowest BCUT2D eigenvalue weighted by Gasteiger charge is -2.09. The summed E-state index contributed by atoms with van der Waals surface area (Å²) in [6, 6.07) is 17.8. The molecule has 7 heteroatoms. The highest BCUT2D eigenvalue weighted by Crippen LogP contribution is 2.28. The molecule has 0 saturated heterocycles. The molecule has 0 saturated carbocycles. The molecule has 30 heavy (non-hydrogen) atoms. The van der Waals surface area contributed by atoms with E-state index in [0.717, 1.165) is 0 Å². The van der Waals surface area contributed by atoms with Crippen LogP contribution in [-0.4, -0.2) is 25.1 Å². The molecule has 0 radical (unpaired) electrons. The first-order chi connectivity index (χ1) is 14.7. The average molecular weight is 401 g/mol. The van der Waals surface area contributed by atoms with Gasteiger partial charge in [-0.15, -0.1) is 0 Å². The zero-order valence-electron chi connectivity index (χ0n) is 16.5. The summed E-state index contributed by atoms with van der Waals surface area (Å²) in [5.41, 5.74) is 2.07. The molecular formula is C23H19N3O4. The lowest BCUT2D eigenvalue weighted by atomic mass is 10.1. The maximum Gasteiger partial charge on any atom is 0.261 e. The van der Waals surface area contributed by atoms with Gasteiger partial charge in [-0.05, 0) is 36.4 Å². The van der Waals surface area contributed by atoms with Crippen LogP contribution in [-0.2, 0) is 0 Å². The van der Waals surface area contributed by atoms with Gasteiger partial charge in [-0.25, -0.2) is 4.99 Å². The SMILES string of the molecule is COc1ccccc1N=c1oc2c(OC)cccc2cc1C(=O)Nc1ccncc1. The number of ether oxygens (including phenoxy) is 2. The van der Waals surface area contributed by atoms with Crippen molar-refractivity contribution in [3.8, 4) is 11.5 Å². The van der Waals surface area contributed by atoms with Gasteiger partial charge >= 0.3 is 0 Å². The van der Waals surface area contributed by atoms with E-state index >= 15 is 0 Å². The third-order valence-electron chi connectivity index (χ3n) is 4.45. The van der Waals surface area contributed by atoms with Crippen molar-refractivity contribution >= 4 is 28.3 Å². The predicted octanol–water partition coefficient (Wildman–Crippen LogP) is 4.33. The Hall–Kier alpha value is -4.13. The first-order valence-corrected chi connectivity index (χ1v) is 9.19. The number of hydrogen-bond donors (Lipinski definition) is 1. The van der Waals surface area contributed by atoms with Crippen molar-refractivity contribution in [2.45, 2.75) is 0 Å². The lowest BCUT2D eigenvalue weighted by Crippen LogP contribution is -2.21. The topological polar surface area (TPSA) is 86.0 Å². The number of para-hydroxylation sites is 3. The van der Waals surface area contributed by atoms with Gasteiger partial charge in [0.05, 0.1) is 14.2 Å². The summed E-state index contributed by atoms with van der Waals surface area (Å²) in [6.45, 7) is 0. The summed E-state index contributed by atoms with van der Waals surface area (Å²) in [6.07, 6.45) is 3.21. The first kappa shape index (κ1) is 19.2. The second kappa shape index (κ2) is 8.48. The van der Waals surface area contributed by atoms with Crippen molar-refractivity contribution in [1.29, 1.82) is 0 Å². The summed E-state index contributed by atoms with van der Waals surface area (Å²) in [5.74, 6) is 0.752. The fourth-order valence-corrected chi connectivity index (χ4v) is 3.00. The van der Waals surface area contributed by atoms with Crippen LogP contribution in [0.2, 0.25) is 0 Å². The maximum absolute atomic E-state index is 13.1. The van der Waals surface area contributed by atoms with Gasteiger partial charge in [0.15, 0.2) is 11.3 Å². The van der Waals surface area contributed by atoms with Gasteiger partial charge in [-0.3, -0.25) is 9.78 Å². The number of nitrogens with one attached hydrogen (secondary N) is 1. The fourth-order valence-electron chi connectivity index (χ4n) is 3.00. The minimum absolute atomic E-state index is 0.142. The number of rotatable bonds is 5. The molecule has 0 aliphatic rings. The molecule has 7 nitrogen and oxygen atoms in total. The van der Waals surface area contributed by atoms with Crippen molar-refractivity contribution in [2.75, 3.05) is 19.5 Å². The minimum Gasteiger partial charge on any atom is -0.494 e. The molecule has 0 unspecified atom stereocenters. The van der Waals surface area contributed by atoms with Crippen molar-refractivity contribution < 1.29 is 18.7 Å². The Balaban J connectivity index is 1.92. The number of amides is 1. The quantitative estimate of drug-likeness (QED) is 0.538. The van der Waals surface area contributed by atoms with Crippen LogP contribution in [0.25, 0.3) is 11.0 Å². The Labute approximate surface area is 172 Å². The van der Waals surface area contributed by atoms with Gasteiger partial charge in [0, 0.05) is 23.5 Å². The molecule has 2 aromatic heterocycles. The molecule has 4 rings (SSSR count). The zero-order chi connectivity index (χ0) is 20.9. The van der Waals surface area contributed by atoms with Gasteiger partial charge in [0.25, 0.3) is 5.91 Å². The molecular weight excluding hydrogens is 382 g/mol. The van der Waals surface area contributed by atoms with E-state index in [9.17, 15) is 4.79 Å². The van der Waals surface area contributed by atoms with Gasteiger partial charge < -0.3 is 19.2 Å². The number of nitrogens with zero attached hydrogens (tertiary/aromatic N) is 2. The Kier molecular flexibility index (Phi) is 5.43. The maximum atomic E-state index is 13.1. The Morgan fingerprint density at radius 1 is 0.967 bits per heavy atom. The van der Waals surface area contributed by atoms with Crippen molar-refractivity contribution in [1.82, 2.24) is 4.98 Å². The van der Waals surface area contributed by atoms with Crippen LogP contribution in [0, 0.1) is 0 Å². The van der Waals surface area contributed by atoms with E-state index in [4.69, 9.17) is 13.9 Å². The van der Waals surface area contributed by atoms with Crippen LogP contribution < -0.4 is 20.3 Å². The van der Waals surface area contributed by atoms with Crippen molar-refractivity contribution in [3.63, 3.8) is 0 Å². The van der Waals surface area contributed by atoms with E-state index in [1.165, 1.54) is 0 Å². The number of anilines is 1. The Morgan fingerprint density at radius 3 is 2.47 bits per heavy atom. The molecule has 2 heterocycles. The summed E-state index contributed by atoms with van der Waals surface area (Å²) >= 11 is 0. The number of pyridine rings is 1. The number of hydrogen-bond acceptors (Lipinski definition) is 6. The summed E-state index contributed by atoms with van der Waals surface area (Å²) in [5, 5.41) is 3.56. The molecule has 1 amide bonds. The van der Waals surface area contributed by atoms with Crippen LogP contribution >= 0.6 is 0 Å². The van der Waals surface area contributed by atoms with E-state index in [1.807, 2.05) is 24.3 Å². The molecule has 0 atom stereocenters. The number of methoxy groups -OCH3 is 2. The molecule has 0 bridgehead atoms. The molecule has 2 aromatic carbocycles. The van der Waals surface area contributed by atoms with Gasteiger partial charge in [0.1, 0.15) is 17.0 Å². The molecule has 1 N–H and O–H groups in total. The monoisotopic (exact) mass is 401 g/mol. The van der Waals surface area contributed by atoms with Gasteiger partial charge in [-0.1, -0.05) is 24.3 Å². The number of fused-ring (bicyclic) bond motifs is 1. The second-order valence-electron chi connectivity index (χ2n) is 6.32. The van der Waals surface area contributed by atoms with Gasteiger partial charge in [0.2, 0.25) is 5.55 Å². The molecule has 4 aromatic rings. The van der Waals surface area contributed by atoms with Crippen molar-refractivity contribution in [2.24, 2.45) is 4.99 Å². The smallest absolute Gasteiger partial charge is 0.261 e. The van der Waals surface area contributed by atoms with Gasteiger partial charge in [-0.2, -0.15) is 0 Å². The molecule has 0 aliphatic heterocycles. The zero-order valence-corrected chi connectivity index (χ0v) is 16.5. The summed E-state index contributed by atoms with van der Waals surface area (Å²) < 4.78 is 16.8. The largest absolute Gasteiger partial charge is 0.494 e. The summed E-state index contributed by atoms with van der Waals surface area (Å²) in [7, 11) is 3.12. The second-order valence-corrected chi connectivity index (χ2v) is 6.32. The molecule has 0 spiro atoms. The Bertz CT molecular complexity index is 1270. The van der Waals surface area contributed by atoms with E-state index in [2.05, 4.69) is 15.3 Å². The van der Waals surface area contributed by atoms with E-state index in [1.54, 1.807) is 63.0 Å². The third-order valence-corrected chi connectivity index (χ3v) is 4.45. The average Bonchev–Trinajstić information content (AvgIpc) is 2.79. The van der Waals surface area contributed by atoms with E-state index < -0.39 is 0 Å². The number of carbonyl (C=O) groups excluding carboxylic acids is 1. The minimum atomic E-state index is -0.358. The Morgan fingerprint density at radius 2 is 1.70 bits per heavy atom. The van der Waals surface area contributed by atoms with E-state index in [-0.39, 0.29) is 17.0 Å². The van der Waals surface area contributed by atoms with Crippen molar-refractivity contribution in [3.05, 3.63) is 84.2 Å². The number of benzene rings is 2. The van der Waals surface area contributed by atoms with E-state index in [0.29, 0.717) is 33.8 Å². The molecule has 0 fully saturated rings. The third kappa shape index (κ3) is 3.86. The number of aromatic nitrogens is 1. The van der Waals surface area contributed by atoms with Crippen LogP contribution in [0.4, 0.5) is 11.4 Å². The molecule has 150 valence electrons. The summed E-state index contributed by atoms with van der Waals surface area (Å²) in [4.78, 5) is 21.6. The normalized spacial score (nSPS) is 11.3. The highest BCUT2D eigenvalue weighted by molar-refractivity contribution is 6.05. The molecule has 0 aliphatic carbocycles. The van der Waals surface area contributed by atoms with Crippen LogP contribution in [0.3, 0.4) is 0 Å². The number of carbonyl (C=O) groups is 1. The van der Waals surface area contributed by atoms with Crippen LogP contribution in [0.15, 0.2) is 82.5 Å². The first-order valence-electron chi connectivity index (χ1n) is 9.19. The van der Waals surface area contributed by atoms with Crippen LogP contribution in [0.1, 0.15) is 10.4 Å². The highest BCUT2D eigenvalue weighted by Gasteiger charge is 2.15. The van der Waals surface area contributed by atoms with Crippen LogP contribution in [0.5, 0.6) is 11.5 Å².